The van der Waals surface area contributed by atoms with Gasteiger partial charge in [-0.2, -0.15) is 0 Å². The lowest BCUT2D eigenvalue weighted by Crippen LogP contribution is -2.14. The van der Waals surface area contributed by atoms with E-state index in [1.165, 1.54) is 0 Å². The minimum absolute atomic E-state index is 0.237. The molecule has 0 saturated carbocycles. The van der Waals surface area contributed by atoms with E-state index >= 15 is 0 Å². The summed E-state index contributed by atoms with van der Waals surface area (Å²) in [6, 6.07) is 15.9. The van der Waals surface area contributed by atoms with Gasteiger partial charge in [0.15, 0.2) is 0 Å². The van der Waals surface area contributed by atoms with Crippen LogP contribution < -0.4 is 10.6 Å². The van der Waals surface area contributed by atoms with Crippen molar-refractivity contribution < 1.29 is 14.3 Å². The molecular formula is C19H17N3O3. The van der Waals surface area contributed by atoms with E-state index in [2.05, 4.69) is 15.6 Å². The van der Waals surface area contributed by atoms with Gasteiger partial charge in [-0.1, -0.05) is 6.07 Å². The molecule has 0 bridgehead atoms. The van der Waals surface area contributed by atoms with Crippen molar-refractivity contribution in [2.24, 2.45) is 0 Å². The second-order valence-electron chi connectivity index (χ2n) is 5.25. The summed E-state index contributed by atoms with van der Waals surface area (Å²) < 4.78 is 4.81. The largest absolute Gasteiger partial charge is 0.450 e. The molecule has 6 nitrogen and oxygen atoms in total. The number of carbonyl (C=O) groups excluding carboxylic acids is 2. The number of hydrogen-bond donors (Lipinski definition) is 2. The Morgan fingerprint density at radius 3 is 2.56 bits per heavy atom. The van der Waals surface area contributed by atoms with Crippen LogP contribution in [-0.4, -0.2) is 23.6 Å². The molecule has 2 aromatic carbocycles. The standard InChI is InChI=1S/C19H17N3O3/c1-2-25-19(24)21-14-10-8-13(9-11-14)18(23)22-17-7-3-6-16-15(17)5-4-12-20-16/h3-12H,2H2,1H3,(H,21,24)(H,22,23). The molecule has 0 unspecified atom stereocenters. The van der Waals surface area contributed by atoms with Crippen LogP contribution in [0.25, 0.3) is 10.9 Å². The molecule has 1 aromatic heterocycles. The van der Waals surface area contributed by atoms with E-state index in [0.29, 0.717) is 23.5 Å². The highest BCUT2D eigenvalue weighted by Gasteiger charge is 2.09. The monoisotopic (exact) mass is 335 g/mol. The Morgan fingerprint density at radius 2 is 1.80 bits per heavy atom. The Hall–Kier alpha value is -3.41. The molecule has 126 valence electrons. The first kappa shape index (κ1) is 16.4. The summed E-state index contributed by atoms with van der Waals surface area (Å²) in [7, 11) is 0. The van der Waals surface area contributed by atoms with E-state index < -0.39 is 6.09 Å². The van der Waals surface area contributed by atoms with Crippen LogP contribution in [0.2, 0.25) is 0 Å². The van der Waals surface area contributed by atoms with Gasteiger partial charge in [0.1, 0.15) is 0 Å². The molecular weight excluding hydrogens is 318 g/mol. The first-order valence-corrected chi connectivity index (χ1v) is 7.86. The number of benzene rings is 2. The second-order valence-corrected chi connectivity index (χ2v) is 5.25. The molecule has 0 aliphatic carbocycles. The summed E-state index contributed by atoms with van der Waals surface area (Å²) in [4.78, 5) is 28.1. The molecule has 1 heterocycles. The lowest BCUT2D eigenvalue weighted by molar-refractivity contribution is 0.102. The minimum atomic E-state index is -0.525. The number of ether oxygens (including phenoxy) is 1. The summed E-state index contributed by atoms with van der Waals surface area (Å²) >= 11 is 0. The van der Waals surface area contributed by atoms with Gasteiger partial charge < -0.3 is 10.1 Å². The van der Waals surface area contributed by atoms with Crippen molar-refractivity contribution in [3.8, 4) is 0 Å². The summed E-state index contributed by atoms with van der Waals surface area (Å²) in [5.74, 6) is -0.237. The van der Waals surface area contributed by atoms with E-state index in [9.17, 15) is 9.59 Å². The van der Waals surface area contributed by atoms with Crippen molar-refractivity contribution in [3.63, 3.8) is 0 Å². The van der Waals surface area contributed by atoms with E-state index in [0.717, 1.165) is 10.9 Å². The van der Waals surface area contributed by atoms with Crippen LogP contribution in [0.1, 0.15) is 17.3 Å². The Balaban J connectivity index is 1.74. The number of amides is 2. The number of nitrogens with zero attached hydrogens (tertiary/aromatic N) is 1. The fraction of sp³-hybridized carbons (Fsp3) is 0.105. The SMILES string of the molecule is CCOC(=O)Nc1ccc(C(=O)Nc2cccc3ncccc23)cc1. The summed E-state index contributed by atoms with van der Waals surface area (Å²) in [5.41, 5.74) is 2.55. The van der Waals surface area contributed by atoms with Crippen LogP contribution in [0.5, 0.6) is 0 Å². The fourth-order valence-electron chi connectivity index (χ4n) is 2.40. The van der Waals surface area contributed by atoms with Gasteiger partial charge in [0, 0.05) is 22.8 Å². The van der Waals surface area contributed by atoms with Crippen LogP contribution >= 0.6 is 0 Å². The Morgan fingerprint density at radius 1 is 1.00 bits per heavy atom. The molecule has 0 saturated heterocycles. The van der Waals surface area contributed by atoms with Crippen LogP contribution in [0, 0.1) is 0 Å². The van der Waals surface area contributed by atoms with Crippen molar-refractivity contribution in [2.75, 3.05) is 17.2 Å². The first-order chi connectivity index (χ1) is 12.2. The number of rotatable bonds is 4. The smallest absolute Gasteiger partial charge is 0.411 e. The third kappa shape index (κ3) is 3.92. The third-order valence-electron chi connectivity index (χ3n) is 3.56. The van der Waals surface area contributed by atoms with Crippen LogP contribution in [0.15, 0.2) is 60.8 Å². The molecule has 3 aromatic rings. The van der Waals surface area contributed by atoms with Crippen molar-refractivity contribution >= 4 is 34.3 Å². The number of pyridine rings is 1. The Kier molecular flexibility index (Phi) is 4.89. The van der Waals surface area contributed by atoms with Gasteiger partial charge >= 0.3 is 6.09 Å². The number of aromatic nitrogens is 1. The van der Waals surface area contributed by atoms with E-state index in [-0.39, 0.29) is 5.91 Å². The van der Waals surface area contributed by atoms with Crippen molar-refractivity contribution in [1.29, 1.82) is 0 Å². The number of anilines is 2. The van der Waals surface area contributed by atoms with Gasteiger partial charge in [-0.15, -0.1) is 0 Å². The number of hydrogen-bond acceptors (Lipinski definition) is 4. The van der Waals surface area contributed by atoms with E-state index in [4.69, 9.17) is 4.74 Å². The Labute approximate surface area is 144 Å². The van der Waals surface area contributed by atoms with Gasteiger partial charge in [0.25, 0.3) is 5.91 Å². The highest BCUT2D eigenvalue weighted by Crippen LogP contribution is 2.22. The average molecular weight is 335 g/mol. The summed E-state index contributed by atoms with van der Waals surface area (Å²) in [6.07, 6.45) is 1.19. The zero-order chi connectivity index (χ0) is 17.6. The normalized spacial score (nSPS) is 10.3. The van der Waals surface area contributed by atoms with Crippen molar-refractivity contribution in [2.45, 2.75) is 6.92 Å². The first-order valence-electron chi connectivity index (χ1n) is 7.86. The van der Waals surface area contributed by atoms with Gasteiger partial charge in [-0.05, 0) is 55.5 Å². The molecule has 2 amide bonds. The maximum Gasteiger partial charge on any atom is 0.411 e. The van der Waals surface area contributed by atoms with E-state index in [1.807, 2.05) is 30.3 Å². The number of nitrogens with one attached hydrogen (secondary N) is 2. The molecule has 6 heteroatoms. The average Bonchev–Trinajstić information content (AvgIpc) is 2.63. The van der Waals surface area contributed by atoms with Gasteiger partial charge in [0.2, 0.25) is 0 Å². The fourth-order valence-corrected chi connectivity index (χ4v) is 2.40. The molecule has 0 spiro atoms. The topological polar surface area (TPSA) is 80.3 Å². The number of carbonyl (C=O) groups is 2. The Bertz CT molecular complexity index is 902. The number of fused-ring (bicyclic) bond motifs is 1. The highest BCUT2D eigenvalue weighted by atomic mass is 16.5. The summed E-state index contributed by atoms with van der Waals surface area (Å²) in [5, 5.41) is 6.35. The maximum atomic E-state index is 12.5. The molecule has 2 N–H and O–H groups in total. The molecule has 0 atom stereocenters. The maximum absolute atomic E-state index is 12.5. The zero-order valence-corrected chi connectivity index (χ0v) is 13.7. The molecule has 0 aliphatic heterocycles. The minimum Gasteiger partial charge on any atom is -0.450 e. The molecule has 0 aliphatic rings. The second kappa shape index (κ2) is 7.44. The predicted octanol–water partition coefficient (Wildman–Crippen LogP) is 4.06. The quantitative estimate of drug-likeness (QED) is 0.753. The van der Waals surface area contributed by atoms with Crippen LogP contribution in [0.4, 0.5) is 16.2 Å². The lowest BCUT2D eigenvalue weighted by atomic mass is 10.1. The highest BCUT2D eigenvalue weighted by molar-refractivity contribution is 6.08. The third-order valence-corrected chi connectivity index (χ3v) is 3.56. The molecule has 25 heavy (non-hydrogen) atoms. The summed E-state index contributed by atoms with van der Waals surface area (Å²) in [6.45, 7) is 2.03. The van der Waals surface area contributed by atoms with Crippen LogP contribution in [0.3, 0.4) is 0 Å². The molecule has 3 rings (SSSR count). The van der Waals surface area contributed by atoms with Crippen molar-refractivity contribution in [1.82, 2.24) is 4.98 Å². The lowest BCUT2D eigenvalue weighted by Gasteiger charge is -2.09. The van der Waals surface area contributed by atoms with Gasteiger partial charge in [-0.3, -0.25) is 15.1 Å². The van der Waals surface area contributed by atoms with Gasteiger partial charge in [0.05, 0.1) is 17.8 Å². The predicted molar refractivity (Wildman–Crippen MR) is 96.8 cm³/mol. The van der Waals surface area contributed by atoms with Gasteiger partial charge in [-0.25, -0.2) is 4.79 Å². The molecule has 0 radical (unpaired) electrons. The zero-order valence-electron chi connectivity index (χ0n) is 13.7. The van der Waals surface area contributed by atoms with Crippen LogP contribution in [-0.2, 0) is 4.74 Å². The van der Waals surface area contributed by atoms with Crippen molar-refractivity contribution in [3.05, 3.63) is 66.4 Å². The molecule has 0 fully saturated rings. The van der Waals surface area contributed by atoms with E-state index in [1.54, 1.807) is 37.4 Å².